The van der Waals surface area contributed by atoms with Gasteiger partial charge in [-0.2, -0.15) is 0 Å². The van der Waals surface area contributed by atoms with Crippen LogP contribution in [0.2, 0.25) is 0 Å². The topological polar surface area (TPSA) is 85.7 Å². The van der Waals surface area contributed by atoms with Crippen molar-refractivity contribution in [2.45, 2.75) is 6.36 Å². The maximum absolute atomic E-state index is 12.0. The Morgan fingerprint density at radius 1 is 1.31 bits per heavy atom. The van der Waals surface area contributed by atoms with Gasteiger partial charge in [-0.05, 0) is 12.1 Å². The molecule has 0 amide bonds. The lowest BCUT2D eigenvalue weighted by Crippen LogP contribution is -2.36. The summed E-state index contributed by atoms with van der Waals surface area (Å²) >= 11 is 0. The monoisotopic (exact) mass is 234 g/mol. The average Bonchev–Trinajstić information content (AvgIpc) is 2.18. The highest BCUT2D eigenvalue weighted by Gasteiger charge is 2.32. The van der Waals surface area contributed by atoms with Crippen LogP contribution in [0.25, 0.3) is 0 Å². The van der Waals surface area contributed by atoms with Gasteiger partial charge >= 0.3 is 6.36 Å². The van der Waals surface area contributed by atoms with E-state index in [9.17, 15) is 13.2 Å². The predicted molar refractivity (Wildman–Crippen MR) is 51.7 cm³/mol. The molecule has 0 fully saturated rings. The molecular weight excluding hydrogens is 225 g/mol. The summed E-state index contributed by atoms with van der Waals surface area (Å²) in [5.74, 6) is 4.25. The summed E-state index contributed by atoms with van der Waals surface area (Å²) in [6.45, 7) is 0. The van der Waals surface area contributed by atoms with Crippen LogP contribution < -0.4 is 21.7 Å². The SMILES string of the molecule is NNC(N)=Nc1ccccc1OC(F)(F)F. The number of nitrogens with one attached hydrogen (secondary N) is 1. The standard InChI is InChI=1S/C8H9F3N4O/c9-8(10,11)16-6-4-2-1-3-5(6)14-7(12)15-13/h1-4H,13H2,(H3,12,14,15). The van der Waals surface area contributed by atoms with Gasteiger partial charge in [0.05, 0.1) is 0 Å². The first-order valence-corrected chi connectivity index (χ1v) is 4.08. The van der Waals surface area contributed by atoms with E-state index < -0.39 is 12.1 Å². The van der Waals surface area contributed by atoms with Crippen LogP contribution >= 0.6 is 0 Å². The van der Waals surface area contributed by atoms with Crippen molar-refractivity contribution < 1.29 is 17.9 Å². The third-order valence-electron chi connectivity index (χ3n) is 1.48. The normalized spacial score (nSPS) is 12.4. The van der Waals surface area contributed by atoms with Crippen molar-refractivity contribution in [2.24, 2.45) is 16.6 Å². The first-order valence-electron chi connectivity index (χ1n) is 4.08. The van der Waals surface area contributed by atoms with Crippen LogP contribution in [0.15, 0.2) is 29.3 Å². The molecule has 0 aliphatic heterocycles. The molecule has 0 unspecified atom stereocenters. The minimum absolute atomic E-state index is 0.0738. The van der Waals surface area contributed by atoms with E-state index in [0.717, 1.165) is 6.07 Å². The molecule has 0 radical (unpaired) electrons. The molecule has 0 heterocycles. The van der Waals surface area contributed by atoms with Gasteiger partial charge in [-0.15, -0.1) is 13.2 Å². The zero-order valence-corrected chi connectivity index (χ0v) is 7.95. The van der Waals surface area contributed by atoms with Crippen LogP contribution in [0.5, 0.6) is 5.75 Å². The second kappa shape index (κ2) is 4.71. The number of benzene rings is 1. The Kier molecular flexibility index (Phi) is 3.56. The van der Waals surface area contributed by atoms with Crippen LogP contribution in [0.1, 0.15) is 0 Å². The number of aliphatic imine (C=N–C) groups is 1. The van der Waals surface area contributed by atoms with Crippen LogP contribution in [-0.2, 0) is 0 Å². The number of rotatable bonds is 2. The zero-order valence-electron chi connectivity index (χ0n) is 7.95. The van der Waals surface area contributed by atoms with E-state index in [-0.39, 0.29) is 11.6 Å². The van der Waals surface area contributed by atoms with Gasteiger partial charge in [-0.3, -0.25) is 5.43 Å². The average molecular weight is 234 g/mol. The maximum atomic E-state index is 12.0. The minimum Gasteiger partial charge on any atom is -0.403 e. The fourth-order valence-corrected chi connectivity index (χ4v) is 0.923. The van der Waals surface area contributed by atoms with Crippen molar-refractivity contribution in [2.75, 3.05) is 0 Å². The predicted octanol–water partition coefficient (Wildman–Crippen LogP) is 0.995. The molecule has 0 atom stereocenters. The number of guanidine groups is 1. The molecule has 0 saturated carbocycles. The van der Waals surface area contributed by atoms with Crippen molar-refractivity contribution in [3.63, 3.8) is 0 Å². The molecule has 1 aromatic carbocycles. The molecule has 0 bridgehead atoms. The summed E-state index contributed by atoms with van der Waals surface area (Å²) in [7, 11) is 0. The van der Waals surface area contributed by atoms with Gasteiger partial charge in [0.15, 0.2) is 5.75 Å². The van der Waals surface area contributed by atoms with Gasteiger partial charge < -0.3 is 10.5 Å². The molecular formula is C8H9F3N4O. The molecule has 8 heteroatoms. The lowest BCUT2D eigenvalue weighted by molar-refractivity contribution is -0.274. The zero-order chi connectivity index (χ0) is 12.2. The van der Waals surface area contributed by atoms with Crippen molar-refractivity contribution in [3.05, 3.63) is 24.3 Å². The number of ether oxygens (including phenoxy) is 1. The molecule has 5 nitrogen and oxygen atoms in total. The van der Waals surface area contributed by atoms with E-state index in [0.29, 0.717) is 0 Å². The second-order valence-corrected chi connectivity index (χ2v) is 2.66. The van der Waals surface area contributed by atoms with Crippen LogP contribution in [0.4, 0.5) is 18.9 Å². The molecule has 1 rings (SSSR count). The van der Waals surface area contributed by atoms with Gasteiger partial charge in [0.2, 0.25) is 5.96 Å². The molecule has 0 saturated heterocycles. The Labute approximate surface area is 88.9 Å². The van der Waals surface area contributed by atoms with Crippen molar-refractivity contribution in [1.29, 1.82) is 0 Å². The summed E-state index contributed by atoms with van der Waals surface area (Å²) in [6, 6.07) is 5.30. The lowest BCUT2D eigenvalue weighted by atomic mass is 10.3. The van der Waals surface area contributed by atoms with E-state index in [1.807, 2.05) is 5.43 Å². The van der Waals surface area contributed by atoms with E-state index in [2.05, 4.69) is 9.73 Å². The third-order valence-corrected chi connectivity index (χ3v) is 1.48. The smallest absolute Gasteiger partial charge is 0.403 e. The summed E-state index contributed by atoms with van der Waals surface area (Å²) in [4.78, 5) is 3.59. The fraction of sp³-hybridized carbons (Fsp3) is 0.125. The van der Waals surface area contributed by atoms with E-state index in [1.54, 1.807) is 0 Å². The maximum Gasteiger partial charge on any atom is 0.573 e. The third kappa shape index (κ3) is 3.65. The number of hydrogen-bond acceptors (Lipinski definition) is 3. The van der Waals surface area contributed by atoms with Gasteiger partial charge in [-0.25, -0.2) is 10.8 Å². The number of hydrazine groups is 1. The Balaban J connectivity index is 3.01. The highest BCUT2D eigenvalue weighted by molar-refractivity contribution is 5.81. The summed E-state index contributed by atoms with van der Waals surface area (Å²) in [5.41, 5.74) is 7.14. The Morgan fingerprint density at radius 3 is 2.50 bits per heavy atom. The van der Waals surface area contributed by atoms with Gasteiger partial charge in [0.25, 0.3) is 0 Å². The molecule has 0 aliphatic rings. The van der Waals surface area contributed by atoms with Gasteiger partial charge in [-0.1, -0.05) is 12.1 Å². The molecule has 88 valence electrons. The van der Waals surface area contributed by atoms with Crippen molar-refractivity contribution >= 4 is 11.6 Å². The Morgan fingerprint density at radius 2 is 1.94 bits per heavy atom. The van der Waals surface area contributed by atoms with Crippen molar-refractivity contribution in [3.8, 4) is 5.75 Å². The van der Waals surface area contributed by atoms with Crippen LogP contribution in [0.3, 0.4) is 0 Å². The van der Waals surface area contributed by atoms with E-state index in [1.165, 1.54) is 18.2 Å². The quantitative estimate of drug-likeness (QED) is 0.308. The Hall–Kier alpha value is -1.96. The number of halogens is 3. The summed E-state index contributed by atoms with van der Waals surface area (Å²) in [6.07, 6.45) is -4.78. The minimum atomic E-state index is -4.78. The summed E-state index contributed by atoms with van der Waals surface area (Å²) < 4.78 is 39.7. The second-order valence-electron chi connectivity index (χ2n) is 2.66. The number of alkyl halides is 3. The molecule has 0 aromatic heterocycles. The highest BCUT2D eigenvalue weighted by Crippen LogP contribution is 2.31. The van der Waals surface area contributed by atoms with E-state index in [4.69, 9.17) is 11.6 Å². The first-order chi connectivity index (χ1) is 7.42. The highest BCUT2D eigenvalue weighted by atomic mass is 19.4. The number of hydrogen-bond donors (Lipinski definition) is 3. The molecule has 16 heavy (non-hydrogen) atoms. The molecule has 1 aromatic rings. The van der Waals surface area contributed by atoms with Gasteiger partial charge in [0.1, 0.15) is 5.69 Å². The van der Waals surface area contributed by atoms with Crippen molar-refractivity contribution in [1.82, 2.24) is 5.43 Å². The van der Waals surface area contributed by atoms with Crippen LogP contribution in [-0.4, -0.2) is 12.3 Å². The molecule has 0 aliphatic carbocycles. The van der Waals surface area contributed by atoms with E-state index >= 15 is 0 Å². The largest absolute Gasteiger partial charge is 0.573 e. The number of nitrogens with zero attached hydrogens (tertiary/aromatic N) is 1. The van der Waals surface area contributed by atoms with Crippen LogP contribution in [0, 0.1) is 0 Å². The first kappa shape index (κ1) is 12.1. The van der Waals surface area contributed by atoms with Gasteiger partial charge in [0, 0.05) is 0 Å². The molecule has 5 N–H and O–H groups in total. The fourth-order valence-electron chi connectivity index (χ4n) is 0.923. The Bertz CT molecular complexity index is 391. The number of para-hydroxylation sites is 2. The molecule has 0 spiro atoms. The lowest BCUT2D eigenvalue weighted by Gasteiger charge is -2.10. The number of nitrogens with two attached hydrogens (primary N) is 2. The summed E-state index contributed by atoms with van der Waals surface area (Å²) in [5, 5.41) is 0.